The minimum atomic E-state index is -0.268. The third-order valence-electron chi connectivity index (χ3n) is 2.28. The van der Waals surface area contributed by atoms with Gasteiger partial charge in [-0.25, -0.2) is 4.98 Å². The molecule has 0 bridgehead atoms. The number of hydrogen-bond acceptors (Lipinski definition) is 5. The molecule has 6 nitrogen and oxygen atoms in total. The summed E-state index contributed by atoms with van der Waals surface area (Å²) in [5.74, 6) is -0.268. The molecule has 0 aliphatic carbocycles. The Morgan fingerprint density at radius 1 is 1.24 bits per heavy atom. The highest BCUT2D eigenvalue weighted by Gasteiger charge is 2.16. The summed E-state index contributed by atoms with van der Waals surface area (Å²) in [5.41, 5.74) is 7.05. The second-order valence-electron chi connectivity index (χ2n) is 3.39. The number of hydrogen-bond donors (Lipinski definition) is 1. The van der Waals surface area contributed by atoms with E-state index in [-0.39, 0.29) is 11.6 Å². The van der Waals surface area contributed by atoms with Crippen LogP contribution >= 0.6 is 0 Å². The molecule has 2 heterocycles. The molecule has 0 fully saturated rings. The van der Waals surface area contributed by atoms with Gasteiger partial charge in [0.05, 0.1) is 23.8 Å². The molecule has 0 spiro atoms. The van der Waals surface area contributed by atoms with Gasteiger partial charge >= 0.3 is 0 Å². The summed E-state index contributed by atoms with van der Waals surface area (Å²) in [4.78, 5) is 25.1. The minimum Gasteiger partial charge on any atom is -0.396 e. The Bertz CT molecular complexity index is 528. The Morgan fingerprint density at radius 3 is 2.65 bits per heavy atom. The van der Waals surface area contributed by atoms with Crippen molar-refractivity contribution in [2.24, 2.45) is 0 Å². The number of carbonyl (C=O) groups excluding carboxylic acids is 1. The number of nitrogens with two attached hydrogens (primary N) is 1. The summed E-state index contributed by atoms with van der Waals surface area (Å²) in [6.07, 6.45) is 7.46. The Labute approximate surface area is 98.1 Å². The molecule has 2 rings (SSSR count). The van der Waals surface area contributed by atoms with Crippen LogP contribution in [0.5, 0.6) is 0 Å². The van der Waals surface area contributed by atoms with E-state index < -0.39 is 0 Å². The zero-order chi connectivity index (χ0) is 12.3. The summed E-state index contributed by atoms with van der Waals surface area (Å²) in [5, 5.41) is 0. The first-order chi connectivity index (χ1) is 8.20. The van der Waals surface area contributed by atoms with Gasteiger partial charge in [0.2, 0.25) is 0 Å². The molecule has 0 atom stereocenters. The van der Waals surface area contributed by atoms with E-state index >= 15 is 0 Å². The van der Waals surface area contributed by atoms with Gasteiger partial charge in [0.25, 0.3) is 5.91 Å². The summed E-state index contributed by atoms with van der Waals surface area (Å²) < 4.78 is 0. The quantitative estimate of drug-likeness (QED) is 0.820. The molecule has 1 amide bonds. The molecule has 0 unspecified atom stereocenters. The van der Waals surface area contributed by atoms with Gasteiger partial charge in [0.15, 0.2) is 0 Å². The van der Waals surface area contributed by atoms with Crippen molar-refractivity contribution in [3.8, 4) is 0 Å². The first kappa shape index (κ1) is 11.0. The van der Waals surface area contributed by atoms with Crippen LogP contribution in [0.1, 0.15) is 10.5 Å². The van der Waals surface area contributed by atoms with E-state index in [1.165, 1.54) is 29.7 Å². The largest absolute Gasteiger partial charge is 0.396 e. The number of aromatic nitrogens is 3. The minimum absolute atomic E-state index is 0.268. The monoisotopic (exact) mass is 229 g/mol. The lowest BCUT2D eigenvalue weighted by molar-refractivity contribution is 0.0988. The highest BCUT2D eigenvalue weighted by molar-refractivity contribution is 6.05. The smallest absolute Gasteiger partial charge is 0.278 e. The molecule has 2 N–H and O–H groups in total. The van der Waals surface area contributed by atoms with E-state index in [0.29, 0.717) is 11.4 Å². The predicted octanol–water partition coefficient (Wildman–Crippen LogP) is 0.730. The van der Waals surface area contributed by atoms with Crippen LogP contribution in [0, 0.1) is 0 Å². The van der Waals surface area contributed by atoms with Crippen LogP contribution in [0.15, 0.2) is 37.1 Å². The van der Waals surface area contributed by atoms with Crippen molar-refractivity contribution in [2.45, 2.75) is 0 Å². The van der Waals surface area contributed by atoms with E-state index in [9.17, 15) is 4.79 Å². The maximum atomic E-state index is 12.0. The fourth-order valence-corrected chi connectivity index (χ4v) is 1.40. The number of anilines is 2. The molecule has 2 aromatic heterocycles. The van der Waals surface area contributed by atoms with Crippen LogP contribution in [0.2, 0.25) is 0 Å². The van der Waals surface area contributed by atoms with Gasteiger partial charge in [-0.3, -0.25) is 14.8 Å². The van der Waals surface area contributed by atoms with Gasteiger partial charge in [0.1, 0.15) is 5.69 Å². The molecule has 17 heavy (non-hydrogen) atoms. The average molecular weight is 229 g/mol. The maximum Gasteiger partial charge on any atom is 0.278 e. The standard InChI is InChI=1S/C11H11N5O/c1-16(10-2-3-13-6-8(10)12)11(17)9-7-14-4-5-15-9/h2-7H,12H2,1H3. The van der Waals surface area contributed by atoms with Crippen LogP contribution in [-0.2, 0) is 0 Å². The molecule has 6 heteroatoms. The summed E-state index contributed by atoms with van der Waals surface area (Å²) in [6.45, 7) is 0. The van der Waals surface area contributed by atoms with Gasteiger partial charge in [-0.1, -0.05) is 0 Å². The first-order valence-electron chi connectivity index (χ1n) is 4.93. The molecule has 0 aromatic carbocycles. The summed E-state index contributed by atoms with van der Waals surface area (Å²) >= 11 is 0. The highest BCUT2D eigenvalue weighted by atomic mass is 16.2. The van der Waals surface area contributed by atoms with Crippen molar-refractivity contribution in [3.63, 3.8) is 0 Å². The van der Waals surface area contributed by atoms with Crippen LogP contribution in [0.4, 0.5) is 11.4 Å². The topological polar surface area (TPSA) is 85.0 Å². The van der Waals surface area contributed by atoms with Gasteiger partial charge in [-0.05, 0) is 6.07 Å². The van der Waals surface area contributed by atoms with Gasteiger partial charge in [-0.2, -0.15) is 0 Å². The first-order valence-corrected chi connectivity index (χ1v) is 4.93. The maximum absolute atomic E-state index is 12.0. The van der Waals surface area contributed by atoms with Crippen LogP contribution in [-0.4, -0.2) is 27.9 Å². The van der Waals surface area contributed by atoms with Gasteiger partial charge in [0, 0.05) is 25.6 Å². The molecular weight excluding hydrogens is 218 g/mol. The lowest BCUT2D eigenvalue weighted by Gasteiger charge is -2.17. The number of rotatable bonds is 2. The van der Waals surface area contributed by atoms with E-state index in [0.717, 1.165) is 0 Å². The normalized spacial score (nSPS) is 9.94. The third kappa shape index (κ3) is 2.20. The molecule has 86 valence electrons. The van der Waals surface area contributed by atoms with Gasteiger partial charge in [-0.15, -0.1) is 0 Å². The molecule has 0 aliphatic rings. The number of nitrogens with zero attached hydrogens (tertiary/aromatic N) is 4. The summed E-state index contributed by atoms with van der Waals surface area (Å²) in [7, 11) is 1.63. The number of amides is 1. The van der Waals surface area contributed by atoms with Crippen molar-refractivity contribution in [3.05, 3.63) is 42.7 Å². The second kappa shape index (κ2) is 4.56. The number of nitrogen functional groups attached to an aromatic ring is 1. The van der Waals surface area contributed by atoms with Crippen molar-refractivity contribution in [1.82, 2.24) is 15.0 Å². The van der Waals surface area contributed by atoms with Crippen molar-refractivity contribution in [2.75, 3.05) is 17.7 Å². The zero-order valence-electron chi connectivity index (χ0n) is 9.24. The Balaban J connectivity index is 2.30. The lowest BCUT2D eigenvalue weighted by Crippen LogP contribution is -2.27. The van der Waals surface area contributed by atoms with E-state index in [1.807, 2.05) is 0 Å². The molecule has 0 aliphatic heterocycles. The van der Waals surface area contributed by atoms with Gasteiger partial charge < -0.3 is 10.6 Å². The van der Waals surface area contributed by atoms with Crippen LogP contribution in [0.25, 0.3) is 0 Å². The average Bonchev–Trinajstić information content (AvgIpc) is 2.39. The Hall–Kier alpha value is -2.50. The van der Waals surface area contributed by atoms with Crippen LogP contribution in [0.3, 0.4) is 0 Å². The molecular formula is C11H11N5O. The predicted molar refractivity (Wildman–Crippen MR) is 63.4 cm³/mol. The second-order valence-corrected chi connectivity index (χ2v) is 3.39. The molecule has 2 aromatic rings. The molecule has 0 saturated carbocycles. The highest BCUT2D eigenvalue weighted by Crippen LogP contribution is 2.20. The number of carbonyl (C=O) groups is 1. The zero-order valence-corrected chi connectivity index (χ0v) is 9.24. The van der Waals surface area contributed by atoms with E-state index in [4.69, 9.17) is 5.73 Å². The van der Waals surface area contributed by atoms with E-state index in [1.54, 1.807) is 19.3 Å². The molecule has 0 radical (unpaired) electrons. The van der Waals surface area contributed by atoms with E-state index in [2.05, 4.69) is 15.0 Å². The van der Waals surface area contributed by atoms with Crippen molar-refractivity contribution in [1.29, 1.82) is 0 Å². The summed E-state index contributed by atoms with van der Waals surface area (Å²) in [6, 6.07) is 1.67. The van der Waals surface area contributed by atoms with Crippen molar-refractivity contribution >= 4 is 17.3 Å². The Kier molecular flexibility index (Phi) is 2.95. The van der Waals surface area contributed by atoms with Crippen molar-refractivity contribution < 1.29 is 4.79 Å². The third-order valence-corrected chi connectivity index (χ3v) is 2.28. The fourth-order valence-electron chi connectivity index (χ4n) is 1.40. The Morgan fingerprint density at radius 2 is 2.00 bits per heavy atom. The molecule has 0 saturated heterocycles. The fraction of sp³-hybridized carbons (Fsp3) is 0.0909. The van der Waals surface area contributed by atoms with Crippen LogP contribution < -0.4 is 10.6 Å². The SMILES string of the molecule is CN(C(=O)c1cnccn1)c1ccncc1N. The lowest BCUT2D eigenvalue weighted by atomic mass is 10.3. The number of pyridine rings is 1.